The molecule has 1 aromatic carbocycles. The number of nitrogens with zero attached hydrogens (tertiary/aromatic N) is 1. The maximum absolute atomic E-state index is 11.9. The van der Waals surface area contributed by atoms with Gasteiger partial charge in [0.25, 0.3) is 0 Å². The molecule has 0 heterocycles. The van der Waals surface area contributed by atoms with Gasteiger partial charge in [-0.05, 0) is 26.1 Å². The van der Waals surface area contributed by atoms with Gasteiger partial charge in [-0.3, -0.25) is 4.79 Å². The van der Waals surface area contributed by atoms with Crippen LogP contribution in [0.5, 0.6) is 0 Å². The summed E-state index contributed by atoms with van der Waals surface area (Å²) < 4.78 is 0. The van der Waals surface area contributed by atoms with Crippen molar-refractivity contribution in [2.45, 2.75) is 6.42 Å². The molecular formula is C12H16ClNO. The quantitative estimate of drug-likeness (QED) is 0.768. The fraction of sp³-hybridized carbons (Fsp3) is 0.417. The maximum atomic E-state index is 11.9. The Kier molecular flexibility index (Phi) is 3.89. The summed E-state index contributed by atoms with van der Waals surface area (Å²) in [5.74, 6) is 0.483. The fourth-order valence-corrected chi connectivity index (χ4v) is 2.10. The number of hydrogen-bond donors (Lipinski definition) is 0. The Morgan fingerprint density at radius 3 is 2.60 bits per heavy atom. The zero-order valence-electron chi connectivity index (χ0n) is 9.06. The minimum atomic E-state index is 0. The van der Waals surface area contributed by atoms with Crippen molar-refractivity contribution in [3.63, 3.8) is 0 Å². The predicted molar refractivity (Wildman–Crippen MR) is 63.8 cm³/mol. The van der Waals surface area contributed by atoms with E-state index in [1.54, 1.807) is 0 Å². The molecule has 1 aliphatic rings. The van der Waals surface area contributed by atoms with E-state index in [2.05, 4.69) is 11.0 Å². The van der Waals surface area contributed by atoms with E-state index in [4.69, 9.17) is 0 Å². The molecule has 1 unspecified atom stereocenters. The van der Waals surface area contributed by atoms with Crippen molar-refractivity contribution in [2.24, 2.45) is 5.92 Å². The van der Waals surface area contributed by atoms with Crippen LogP contribution < -0.4 is 0 Å². The molecule has 82 valence electrons. The lowest BCUT2D eigenvalue weighted by atomic mass is 10.1. The molecule has 0 aromatic heterocycles. The van der Waals surface area contributed by atoms with E-state index in [0.717, 1.165) is 18.5 Å². The normalized spacial score (nSPS) is 18.9. The van der Waals surface area contributed by atoms with E-state index < -0.39 is 0 Å². The summed E-state index contributed by atoms with van der Waals surface area (Å²) in [5, 5.41) is 0. The number of hydrogen-bond acceptors (Lipinski definition) is 2. The van der Waals surface area contributed by atoms with E-state index >= 15 is 0 Å². The molecule has 3 heteroatoms. The van der Waals surface area contributed by atoms with Crippen LogP contribution in [0.3, 0.4) is 0 Å². The van der Waals surface area contributed by atoms with Crippen LogP contribution >= 0.6 is 12.4 Å². The van der Waals surface area contributed by atoms with Crippen molar-refractivity contribution in [3.8, 4) is 0 Å². The fourth-order valence-electron chi connectivity index (χ4n) is 2.10. The van der Waals surface area contributed by atoms with Gasteiger partial charge in [0.1, 0.15) is 0 Å². The first-order chi connectivity index (χ1) is 6.68. The third-order valence-corrected chi connectivity index (χ3v) is 2.71. The second-order valence-corrected chi connectivity index (χ2v) is 4.18. The van der Waals surface area contributed by atoms with E-state index in [-0.39, 0.29) is 18.3 Å². The Hall–Kier alpha value is -0.860. The van der Waals surface area contributed by atoms with Crippen molar-refractivity contribution in [1.29, 1.82) is 0 Å². The second-order valence-electron chi connectivity index (χ2n) is 4.18. The number of carbonyl (C=O) groups is 1. The van der Waals surface area contributed by atoms with E-state index in [9.17, 15) is 4.79 Å². The molecular weight excluding hydrogens is 210 g/mol. The molecule has 2 rings (SSSR count). The molecule has 0 fully saturated rings. The van der Waals surface area contributed by atoms with Crippen molar-refractivity contribution in [2.75, 3.05) is 20.6 Å². The first-order valence-electron chi connectivity index (χ1n) is 4.95. The Morgan fingerprint density at radius 2 is 2.00 bits per heavy atom. The lowest BCUT2D eigenvalue weighted by Crippen LogP contribution is -2.25. The number of ketones is 1. The molecule has 1 atom stereocenters. The molecule has 0 N–H and O–H groups in total. The van der Waals surface area contributed by atoms with Crippen LogP contribution in [0, 0.1) is 5.92 Å². The first kappa shape index (κ1) is 12.2. The zero-order valence-corrected chi connectivity index (χ0v) is 9.88. The lowest BCUT2D eigenvalue weighted by molar-refractivity contribution is 0.0916. The number of rotatable bonds is 2. The predicted octanol–water partition coefficient (Wildman–Crippen LogP) is 2.02. The van der Waals surface area contributed by atoms with Gasteiger partial charge in [0, 0.05) is 18.0 Å². The van der Waals surface area contributed by atoms with Gasteiger partial charge in [0.2, 0.25) is 0 Å². The molecule has 15 heavy (non-hydrogen) atoms. The van der Waals surface area contributed by atoms with E-state index in [0.29, 0.717) is 5.78 Å². The Bertz CT molecular complexity index is 362. The number of fused-ring (bicyclic) bond motifs is 1. The SMILES string of the molecule is CN(C)CC1Cc2ccccc2C1=O.Cl. The van der Waals surface area contributed by atoms with Gasteiger partial charge in [0.05, 0.1) is 0 Å². The van der Waals surface area contributed by atoms with Crippen molar-refractivity contribution >= 4 is 18.2 Å². The molecule has 0 bridgehead atoms. The summed E-state index contributed by atoms with van der Waals surface area (Å²) in [5.41, 5.74) is 2.14. The minimum Gasteiger partial charge on any atom is -0.309 e. The van der Waals surface area contributed by atoms with Gasteiger partial charge >= 0.3 is 0 Å². The van der Waals surface area contributed by atoms with E-state index in [1.165, 1.54) is 5.56 Å². The summed E-state index contributed by atoms with van der Waals surface area (Å²) in [6.45, 7) is 0.855. The summed E-state index contributed by atoms with van der Waals surface area (Å²) in [4.78, 5) is 14.0. The van der Waals surface area contributed by atoms with Crippen LogP contribution in [-0.2, 0) is 6.42 Å². The van der Waals surface area contributed by atoms with Crippen LogP contribution in [0.4, 0.5) is 0 Å². The third kappa shape index (κ3) is 2.39. The summed E-state index contributed by atoms with van der Waals surface area (Å²) in [7, 11) is 4.02. The standard InChI is InChI=1S/C12H15NO.ClH/c1-13(2)8-10-7-9-5-3-4-6-11(9)12(10)14;/h3-6,10H,7-8H2,1-2H3;1H. The highest BCUT2D eigenvalue weighted by Crippen LogP contribution is 2.26. The lowest BCUT2D eigenvalue weighted by Gasteiger charge is -2.13. The Morgan fingerprint density at radius 1 is 1.33 bits per heavy atom. The highest BCUT2D eigenvalue weighted by Gasteiger charge is 2.29. The highest BCUT2D eigenvalue weighted by atomic mass is 35.5. The zero-order chi connectivity index (χ0) is 10.1. The van der Waals surface area contributed by atoms with Crippen LogP contribution in [-0.4, -0.2) is 31.3 Å². The average molecular weight is 226 g/mol. The van der Waals surface area contributed by atoms with Gasteiger partial charge in [0.15, 0.2) is 5.78 Å². The molecule has 2 nitrogen and oxygen atoms in total. The monoisotopic (exact) mass is 225 g/mol. The third-order valence-electron chi connectivity index (χ3n) is 2.71. The molecule has 0 aliphatic heterocycles. The van der Waals surface area contributed by atoms with Crippen molar-refractivity contribution < 1.29 is 4.79 Å². The number of benzene rings is 1. The molecule has 0 radical (unpaired) electrons. The van der Waals surface area contributed by atoms with Crippen LogP contribution in [0.1, 0.15) is 15.9 Å². The van der Waals surface area contributed by atoms with E-state index in [1.807, 2.05) is 32.3 Å². The highest BCUT2D eigenvalue weighted by molar-refractivity contribution is 6.02. The average Bonchev–Trinajstić information content (AvgIpc) is 2.44. The number of halogens is 1. The van der Waals surface area contributed by atoms with Crippen LogP contribution in [0.15, 0.2) is 24.3 Å². The number of carbonyl (C=O) groups excluding carboxylic acids is 1. The summed E-state index contributed by atoms with van der Waals surface area (Å²) in [6, 6.07) is 7.94. The topological polar surface area (TPSA) is 20.3 Å². The van der Waals surface area contributed by atoms with Crippen LogP contribution in [0.2, 0.25) is 0 Å². The van der Waals surface area contributed by atoms with Crippen molar-refractivity contribution in [3.05, 3.63) is 35.4 Å². The van der Waals surface area contributed by atoms with Crippen molar-refractivity contribution in [1.82, 2.24) is 4.90 Å². The number of Topliss-reactive ketones (excluding diaryl/α,β-unsaturated/α-hetero) is 1. The second kappa shape index (κ2) is 4.77. The minimum absolute atomic E-state index is 0. The molecule has 1 aliphatic carbocycles. The summed E-state index contributed by atoms with van der Waals surface area (Å²) in [6.07, 6.45) is 0.910. The molecule has 0 spiro atoms. The van der Waals surface area contributed by atoms with Gasteiger partial charge in [-0.25, -0.2) is 0 Å². The largest absolute Gasteiger partial charge is 0.309 e. The smallest absolute Gasteiger partial charge is 0.167 e. The Balaban J connectivity index is 0.00000112. The van der Waals surface area contributed by atoms with Gasteiger partial charge in [-0.15, -0.1) is 12.4 Å². The maximum Gasteiger partial charge on any atom is 0.167 e. The van der Waals surface area contributed by atoms with Crippen LogP contribution in [0.25, 0.3) is 0 Å². The molecule has 0 saturated heterocycles. The Labute approximate surface area is 96.7 Å². The van der Waals surface area contributed by atoms with Gasteiger partial charge in [-0.1, -0.05) is 24.3 Å². The first-order valence-corrected chi connectivity index (χ1v) is 4.95. The molecule has 0 amide bonds. The molecule has 1 aromatic rings. The van der Waals surface area contributed by atoms with Gasteiger partial charge in [-0.2, -0.15) is 0 Å². The molecule has 0 saturated carbocycles. The summed E-state index contributed by atoms with van der Waals surface area (Å²) >= 11 is 0. The van der Waals surface area contributed by atoms with Gasteiger partial charge < -0.3 is 4.90 Å².